The highest BCUT2D eigenvalue weighted by Gasteiger charge is 2.07. The van der Waals surface area contributed by atoms with E-state index in [-0.39, 0.29) is 5.91 Å². The molecule has 1 amide bonds. The normalized spacial score (nSPS) is 10.7. The molecule has 4 nitrogen and oxygen atoms in total. The highest BCUT2D eigenvalue weighted by molar-refractivity contribution is 7.98. The Kier molecular flexibility index (Phi) is 6.12. The van der Waals surface area contributed by atoms with Gasteiger partial charge in [-0.2, -0.15) is 11.8 Å². The molecule has 26 heavy (non-hydrogen) atoms. The fourth-order valence-corrected chi connectivity index (χ4v) is 3.61. The molecule has 0 aliphatic rings. The lowest BCUT2D eigenvalue weighted by molar-refractivity contribution is 0.0956. The van der Waals surface area contributed by atoms with Crippen LogP contribution in [0.15, 0.2) is 60.8 Å². The third-order valence-electron chi connectivity index (χ3n) is 4.14. The van der Waals surface area contributed by atoms with Gasteiger partial charge in [-0.1, -0.05) is 42.5 Å². The van der Waals surface area contributed by atoms with Crippen LogP contribution < -0.4 is 10.2 Å². The van der Waals surface area contributed by atoms with Gasteiger partial charge < -0.3 is 10.2 Å². The summed E-state index contributed by atoms with van der Waals surface area (Å²) in [6.45, 7) is 0.647. The van der Waals surface area contributed by atoms with E-state index in [0.29, 0.717) is 12.1 Å². The molecule has 0 aliphatic carbocycles. The SMILES string of the molecule is CN(C)c1cc(C(=O)NCCSCc2cccc3ccccc23)ccn1. The summed E-state index contributed by atoms with van der Waals surface area (Å²) in [5.74, 6) is 2.54. The van der Waals surface area contributed by atoms with Crippen LogP contribution in [-0.2, 0) is 5.75 Å². The van der Waals surface area contributed by atoms with Gasteiger partial charge in [0.1, 0.15) is 5.82 Å². The number of carbonyl (C=O) groups is 1. The monoisotopic (exact) mass is 365 g/mol. The van der Waals surface area contributed by atoms with Gasteiger partial charge in [0.15, 0.2) is 0 Å². The van der Waals surface area contributed by atoms with Gasteiger partial charge in [-0.05, 0) is 28.5 Å². The van der Waals surface area contributed by atoms with Gasteiger partial charge in [-0.25, -0.2) is 4.98 Å². The number of nitrogens with one attached hydrogen (secondary N) is 1. The lowest BCUT2D eigenvalue weighted by Gasteiger charge is -2.12. The van der Waals surface area contributed by atoms with E-state index >= 15 is 0 Å². The molecular weight excluding hydrogens is 342 g/mol. The maximum Gasteiger partial charge on any atom is 0.251 e. The van der Waals surface area contributed by atoms with Crippen LogP contribution in [0, 0.1) is 0 Å². The number of fused-ring (bicyclic) bond motifs is 1. The quantitative estimate of drug-likeness (QED) is 0.644. The second-order valence-corrected chi connectivity index (χ2v) is 7.35. The van der Waals surface area contributed by atoms with Crippen molar-refractivity contribution in [3.05, 3.63) is 71.9 Å². The van der Waals surface area contributed by atoms with Crippen LogP contribution in [-0.4, -0.2) is 37.3 Å². The Balaban J connectivity index is 1.48. The van der Waals surface area contributed by atoms with Crippen molar-refractivity contribution in [2.75, 3.05) is 31.3 Å². The summed E-state index contributed by atoms with van der Waals surface area (Å²) < 4.78 is 0. The molecule has 0 unspecified atom stereocenters. The van der Waals surface area contributed by atoms with Gasteiger partial charge in [-0.3, -0.25) is 4.79 Å². The number of rotatable bonds is 7. The lowest BCUT2D eigenvalue weighted by atomic mass is 10.1. The number of thioether (sulfide) groups is 1. The molecule has 1 aromatic heterocycles. The Morgan fingerprint density at radius 1 is 1.12 bits per heavy atom. The van der Waals surface area contributed by atoms with E-state index in [2.05, 4.69) is 52.8 Å². The Morgan fingerprint density at radius 3 is 2.77 bits per heavy atom. The summed E-state index contributed by atoms with van der Waals surface area (Å²) in [4.78, 5) is 18.4. The Labute approximate surface area is 158 Å². The highest BCUT2D eigenvalue weighted by Crippen LogP contribution is 2.22. The summed E-state index contributed by atoms with van der Waals surface area (Å²) in [5, 5.41) is 5.56. The molecule has 5 heteroatoms. The van der Waals surface area contributed by atoms with Crippen molar-refractivity contribution >= 4 is 34.3 Å². The minimum absolute atomic E-state index is 0.0544. The number of aromatic nitrogens is 1. The molecule has 0 saturated heterocycles. The smallest absolute Gasteiger partial charge is 0.251 e. The molecule has 1 heterocycles. The van der Waals surface area contributed by atoms with E-state index < -0.39 is 0 Å². The number of anilines is 1. The van der Waals surface area contributed by atoms with Crippen LogP contribution in [0.5, 0.6) is 0 Å². The van der Waals surface area contributed by atoms with E-state index in [0.717, 1.165) is 17.3 Å². The summed E-state index contributed by atoms with van der Waals surface area (Å²) >= 11 is 1.83. The van der Waals surface area contributed by atoms with Gasteiger partial charge in [0.25, 0.3) is 5.91 Å². The molecule has 3 aromatic rings. The largest absolute Gasteiger partial charge is 0.363 e. The number of amides is 1. The lowest BCUT2D eigenvalue weighted by Crippen LogP contribution is -2.26. The number of hydrogen-bond acceptors (Lipinski definition) is 4. The minimum atomic E-state index is -0.0544. The highest BCUT2D eigenvalue weighted by atomic mass is 32.2. The second-order valence-electron chi connectivity index (χ2n) is 6.24. The molecule has 0 aliphatic heterocycles. The molecule has 134 valence electrons. The first-order chi connectivity index (χ1) is 12.6. The molecule has 0 spiro atoms. The van der Waals surface area contributed by atoms with Crippen LogP contribution in [0.4, 0.5) is 5.82 Å². The second kappa shape index (κ2) is 8.72. The zero-order valence-electron chi connectivity index (χ0n) is 15.1. The standard InChI is InChI=1S/C21H23N3OS/c1-24(2)20-14-17(10-11-22-20)21(25)23-12-13-26-15-18-8-5-7-16-6-3-4-9-19(16)18/h3-11,14H,12-13,15H2,1-2H3,(H,23,25). The average Bonchev–Trinajstić information content (AvgIpc) is 2.67. The van der Waals surface area contributed by atoms with Crippen molar-refractivity contribution in [1.29, 1.82) is 0 Å². The number of carbonyl (C=O) groups excluding carboxylic acids is 1. The van der Waals surface area contributed by atoms with Crippen molar-refractivity contribution in [1.82, 2.24) is 10.3 Å². The summed E-state index contributed by atoms with van der Waals surface area (Å²) in [6.07, 6.45) is 1.67. The average molecular weight is 366 g/mol. The predicted octanol–water partition coefficient (Wildman–Crippen LogP) is 3.96. The zero-order valence-corrected chi connectivity index (χ0v) is 15.9. The van der Waals surface area contributed by atoms with Crippen LogP contribution in [0.25, 0.3) is 10.8 Å². The van der Waals surface area contributed by atoms with Crippen molar-refractivity contribution in [2.24, 2.45) is 0 Å². The van der Waals surface area contributed by atoms with Crippen LogP contribution in [0.3, 0.4) is 0 Å². The van der Waals surface area contributed by atoms with Gasteiger partial charge in [0.2, 0.25) is 0 Å². The van der Waals surface area contributed by atoms with Gasteiger partial charge in [-0.15, -0.1) is 0 Å². The Bertz CT molecular complexity index is 890. The third-order valence-corrected chi connectivity index (χ3v) is 5.14. The number of benzene rings is 2. The third kappa shape index (κ3) is 4.55. The number of nitrogens with zero attached hydrogens (tertiary/aromatic N) is 2. The first-order valence-corrected chi connectivity index (χ1v) is 9.76. The van der Waals surface area contributed by atoms with Crippen LogP contribution in [0.1, 0.15) is 15.9 Å². The summed E-state index contributed by atoms with van der Waals surface area (Å²) in [5.41, 5.74) is 1.98. The fourth-order valence-electron chi connectivity index (χ4n) is 2.74. The Hall–Kier alpha value is -2.53. The minimum Gasteiger partial charge on any atom is -0.363 e. The molecule has 0 radical (unpaired) electrons. The van der Waals surface area contributed by atoms with E-state index in [9.17, 15) is 4.79 Å². The summed E-state index contributed by atoms with van der Waals surface area (Å²) in [6, 6.07) is 18.4. The van der Waals surface area contributed by atoms with E-state index in [1.54, 1.807) is 18.3 Å². The van der Waals surface area contributed by atoms with Crippen molar-refractivity contribution in [3.8, 4) is 0 Å². The molecule has 0 atom stereocenters. The van der Waals surface area contributed by atoms with Gasteiger partial charge in [0, 0.05) is 43.9 Å². The first-order valence-electron chi connectivity index (χ1n) is 8.61. The van der Waals surface area contributed by atoms with Crippen LogP contribution in [0.2, 0.25) is 0 Å². The maximum absolute atomic E-state index is 12.3. The zero-order chi connectivity index (χ0) is 18.4. The van der Waals surface area contributed by atoms with E-state index in [1.807, 2.05) is 30.8 Å². The first kappa shape index (κ1) is 18.3. The molecule has 0 bridgehead atoms. The van der Waals surface area contributed by atoms with Crippen molar-refractivity contribution in [3.63, 3.8) is 0 Å². The topological polar surface area (TPSA) is 45.2 Å². The number of hydrogen-bond donors (Lipinski definition) is 1. The predicted molar refractivity (Wildman–Crippen MR) is 111 cm³/mol. The molecule has 0 saturated carbocycles. The molecule has 2 aromatic carbocycles. The molecule has 0 fully saturated rings. The molecule has 1 N–H and O–H groups in total. The van der Waals surface area contributed by atoms with Crippen LogP contribution >= 0.6 is 11.8 Å². The van der Waals surface area contributed by atoms with Crippen molar-refractivity contribution in [2.45, 2.75) is 5.75 Å². The Morgan fingerprint density at radius 2 is 1.92 bits per heavy atom. The maximum atomic E-state index is 12.3. The van der Waals surface area contributed by atoms with Gasteiger partial charge >= 0.3 is 0 Å². The van der Waals surface area contributed by atoms with Gasteiger partial charge in [0.05, 0.1) is 0 Å². The number of pyridine rings is 1. The molecule has 3 rings (SSSR count). The summed E-state index contributed by atoms with van der Waals surface area (Å²) in [7, 11) is 3.82. The molecular formula is C21H23N3OS. The van der Waals surface area contributed by atoms with E-state index in [4.69, 9.17) is 0 Å². The van der Waals surface area contributed by atoms with E-state index in [1.165, 1.54) is 16.3 Å². The fraction of sp³-hybridized carbons (Fsp3) is 0.238. The van der Waals surface area contributed by atoms with Crippen molar-refractivity contribution < 1.29 is 4.79 Å².